The van der Waals surface area contributed by atoms with Gasteiger partial charge < -0.3 is 9.15 Å². The van der Waals surface area contributed by atoms with Crippen molar-refractivity contribution in [3.05, 3.63) is 100 Å². The number of hydrogen-bond acceptors (Lipinski definition) is 8. The number of nitrogens with zero attached hydrogens (tertiary/aromatic N) is 6. The monoisotopic (exact) mass is 492 g/mol. The van der Waals surface area contributed by atoms with Crippen LogP contribution in [-0.2, 0) is 18.4 Å². The van der Waals surface area contributed by atoms with E-state index in [9.17, 15) is 9.59 Å². The molecule has 0 N–H and O–H groups in total. The number of aromatic nitrogens is 6. The highest BCUT2D eigenvalue weighted by Crippen LogP contribution is 2.24. The normalized spacial score (nSPS) is 11.3. The molecule has 37 heavy (non-hydrogen) atoms. The minimum absolute atomic E-state index is 0.118. The maximum absolute atomic E-state index is 12.7. The van der Waals surface area contributed by atoms with Crippen LogP contribution in [0.2, 0.25) is 0 Å². The zero-order valence-electron chi connectivity index (χ0n) is 20.0. The van der Waals surface area contributed by atoms with Crippen molar-refractivity contribution >= 4 is 22.6 Å². The topological polar surface area (TPSA) is 117 Å². The minimum atomic E-state index is -0.525. The highest BCUT2D eigenvalue weighted by atomic mass is 16.5. The van der Waals surface area contributed by atoms with Crippen LogP contribution in [0, 0.1) is 6.92 Å². The van der Waals surface area contributed by atoms with E-state index in [0.717, 1.165) is 11.1 Å². The van der Waals surface area contributed by atoms with E-state index < -0.39 is 5.97 Å². The van der Waals surface area contributed by atoms with Crippen LogP contribution in [0.1, 0.15) is 21.7 Å². The average molecular weight is 492 g/mol. The largest absolute Gasteiger partial charge is 0.454 e. The Kier molecular flexibility index (Phi) is 5.33. The molecule has 0 spiro atoms. The number of benzene rings is 3. The number of hydrogen-bond donors (Lipinski definition) is 0. The predicted molar refractivity (Wildman–Crippen MR) is 135 cm³/mol. The standard InChI is InChI=1S/C27H20N6O4/c1-16-7-9-17(10-8-16)23-29-30-24(37-23)18-11-13-19(14-12-18)26(35)36-15-22-28-31-27-32(2)25(34)20-5-3-4-6-21(20)33(22)27/h3-14H,15H2,1-2H3. The van der Waals surface area contributed by atoms with Crippen molar-refractivity contribution in [2.45, 2.75) is 13.5 Å². The van der Waals surface area contributed by atoms with Crippen LogP contribution in [0.15, 0.2) is 82.0 Å². The first-order valence-corrected chi connectivity index (χ1v) is 11.5. The Morgan fingerprint density at radius 2 is 1.51 bits per heavy atom. The molecule has 10 heteroatoms. The summed E-state index contributed by atoms with van der Waals surface area (Å²) >= 11 is 0. The first-order chi connectivity index (χ1) is 18.0. The highest BCUT2D eigenvalue weighted by Gasteiger charge is 2.17. The van der Waals surface area contributed by atoms with Gasteiger partial charge in [0, 0.05) is 18.2 Å². The van der Waals surface area contributed by atoms with Crippen LogP contribution >= 0.6 is 0 Å². The molecule has 6 rings (SSSR count). The van der Waals surface area contributed by atoms with Crippen LogP contribution in [0.5, 0.6) is 0 Å². The van der Waals surface area contributed by atoms with Crippen molar-refractivity contribution in [3.8, 4) is 22.9 Å². The molecule has 0 fully saturated rings. The predicted octanol–water partition coefficient (Wildman–Crippen LogP) is 3.96. The molecule has 0 unspecified atom stereocenters. The van der Waals surface area contributed by atoms with Gasteiger partial charge in [-0.25, -0.2) is 4.79 Å². The lowest BCUT2D eigenvalue weighted by Crippen LogP contribution is -2.20. The maximum atomic E-state index is 12.7. The molecule has 0 saturated carbocycles. The lowest BCUT2D eigenvalue weighted by molar-refractivity contribution is 0.0461. The van der Waals surface area contributed by atoms with Gasteiger partial charge in [0.2, 0.25) is 17.6 Å². The van der Waals surface area contributed by atoms with Crippen LogP contribution in [0.4, 0.5) is 0 Å². The quantitative estimate of drug-likeness (QED) is 0.332. The molecule has 6 aromatic rings. The Labute approximate surface area is 209 Å². The SMILES string of the molecule is Cc1ccc(-c2nnc(-c3ccc(C(=O)OCc4nnc5n(C)c(=O)c6ccccc6n45)cc3)o2)cc1. The van der Waals surface area contributed by atoms with Crippen molar-refractivity contribution < 1.29 is 13.9 Å². The van der Waals surface area contributed by atoms with Crippen molar-refractivity contribution in [2.24, 2.45) is 7.05 Å². The van der Waals surface area contributed by atoms with E-state index in [0.29, 0.717) is 45.4 Å². The molecule has 10 nitrogen and oxygen atoms in total. The van der Waals surface area contributed by atoms with E-state index in [1.54, 1.807) is 53.9 Å². The molecule has 0 aliphatic rings. The van der Waals surface area contributed by atoms with Crippen LogP contribution in [-0.4, -0.2) is 35.3 Å². The van der Waals surface area contributed by atoms with Crippen molar-refractivity contribution in [3.63, 3.8) is 0 Å². The summed E-state index contributed by atoms with van der Waals surface area (Å²) < 4.78 is 14.5. The lowest BCUT2D eigenvalue weighted by atomic mass is 10.1. The molecule has 182 valence electrons. The second-order valence-electron chi connectivity index (χ2n) is 8.56. The van der Waals surface area contributed by atoms with Gasteiger partial charge in [-0.15, -0.1) is 20.4 Å². The zero-order chi connectivity index (χ0) is 25.5. The third kappa shape index (κ3) is 3.94. The summed E-state index contributed by atoms with van der Waals surface area (Å²) in [6.45, 7) is 1.89. The van der Waals surface area contributed by atoms with Gasteiger partial charge in [0.25, 0.3) is 5.56 Å². The van der Waals surface area contributed by atoms with Gasteiger partial charge in [-0.05, 0) is 55.5 Å². The molecule has 3 aromatic heterocycles. The Morgan fingerprint density at radius 1 is 0.865 bits per heavy atom. The summed E-state index contributed by atoms with van der Waals surface area (Å²) in [4.78, 5) is 25.3. The van der Waals surface area contributed by atoms with Crippen molar-refractivity contribution in [2.75, 3.05) is 0 Å². The molecule has 0 aliphatic heterocycles. The number of carbonyl (C=O) groups is 1. The van der Waals surface area contributed by atoms with Crippen LogP contribution in [0.25, 0.3) is 39.6 Å². The number of para-hydroxylation sites is 1. The lowest BCUT2D eigenvalue weighted by Gasteiger charge is -2.08. The van der Waals surface area contributed by atoms with Gasteiger partial charge >= 0.3 is 5.97 Å². The van der Waals surface area contributed by atoms with Gasteiger partial charge in [-0.3, -0.25) is 13.8 Å². The van der Waals surface area contributed by atoms with Crippen molar-refractivity contribution in [1.82, 2.24) is 29.4 Å². The Balaban J connectivity index is 1.20. The molecular formula is C27H20N6O4. The Bertz CT molecular complexity index is 1830. The third-order valence-corrected chi connectivity index (χ3v) is 6.12. The summed E-state index contributed by atoms with van der Waals surface area (Å²) in [5, 5.41) is 17.0. The number of carbonyl (C=O) groups excluding carboxylic acids is 1. The Morgan fingerprint density at radius 3 is 2.22 bits per heavy atom. The fourth-order valence-corrected chi connectivity index (χ4v) is 4.10. The molecule has 3 aromatic carbocycles. The Hall–Kier alpha value is -5.12. The summed E-state index contributed by atoms with van der Waals surface area (Å²) in [7, 11) is 1.63. The fraction of sp³-hybridized carbons (Fsp3) is 0.111. The summed E-state index contributed by atoms with van der Waals surface area (Å²) in [5.74, 6) is 1.01. The number of rotatable bonds is 5. The van der Waals surface area contributed by atoms with Crippen LogP contribution in [0.3, 0.4) is 0 Å². The van der Waals surface area contributed by atoms with E-state index in [1.807, 2.05) is 37.3 Å². The van der Waals surface area contributed by atoms with Crippen LogP contribution < -0.4 is 5.56 Å². The highest BCUT2D eigenvalue weighted by molar-refractivity contribution is 5.90. The molecule has 0 aliphatic carbocycles. The van der Waals surface area contributed by atoms with E-state index in [-0.39, 0.29) is 12.2 Å². The molecule has 0 amide bonds. The molecule has 3 heterocycles. The smallest absolute Gasteiger partial charge is 0.338 e. The molecule has 0 saturated heterocycles. The first-order valence-electron chi connectivity index (χ1n) is 11.5. The number of ether oxygens (including phenoxy) is 1. The van der Waals surface area contributed by atoms with Gasteiger partial charge in [0.15, 0.2) is 12.4 Å². The van der Waals surface area contributed by atoms with Crippen molar-refractivity contribution in [1.29, 1.82) is 0 Å². The molecule has 0 radical (unpaired) electrons. The fourth-order valence-electron chi connectivity index (χ4n) is 4.10. The average Bonchev–Trinajstić information content (AvgIpc) is 3.59. The van der Waals surface area contributed by atoms with E-state index >= 15 is 0 Å². The second kappa shape index (κ2) is 8.83. The van der Waals surface area contributed by atoms with Gasteiger partial charge in [0.1, 0.15) is 0 Å². The zero-order valence-corrected chi connectivity index (χ0v) is 20.0. The van der Waals surface area contributed by atoms with E-state index in [4.69, 9.17) is 9.15 Å². The van der Waals surface area contributed by atoms with Gasteiger partial charge in [0.05, 0.1) is 16.5 Å². The third-order valence-electron chi connectivity index (χ3n) is 6.12. The second-order valence-corrected chi connectivity index (χ2v) is 8.56. The molecule has 0 bridgehead atoms. The van der Waals surface area contributed by atoms with Gasteiger partial charge in [-0.2, -0.15) is 0 Å². The summed E-state index contributed by atoms with van der Waals surface area (Å²) in [6, 6.07) is 21.7. The summed E-state index contributed by atoms with van der Waals surface area (Å²) in [5.41, 5.74) is 3.48. The molecular weight excluding hydrogens is 472 g/mol. The van der Waals surface area contributed by atoms with E-state index in [1.165, 1.54) is 4.57 Å². The van der Waals surface area contributed by atoms with Gasteiger partial charge in [-0.1, -0.05) is 29.8 Å². The molecule has 0 atom stereocenters. The van der Waals surface area contributed by atoms with E-state index in [2.05, 4.69) is 20.4 Å². The number of aryl methyl sites for hydroxylation is 2. The number of fused-ring (bicyclic) bond motifs is 3. The number of esters is 1. The minimum Gasteiger partial charge on any atom is -0.454 e. The maximum Gasteiger partial charge on any atom is 0.338 e. The first kappa shape index (κ1) is 22.4. The summed E-state index contributed by atoms with van der Waals surface area (Å²) in [6.07, 6.45) is 0.